The van der Waals surface area contributed by atoms with E-state index in [0.29, 0.717) is 16.7 Å². The second kappa shape index (κ2) is 9.22. The van der Waals surface area contributed by atoms with Crippen molar-refractivity contribution >= 4 is 17.9 Å². The largest absolute Gasteiger partial charge is 0.458 e. The normalized spacial score (nSPS) is 34.1. The summed E-state index contributed by atoms with van der Waals surface area (Å²) < 4.78 is 16.4. The quantitative estimate of drug-likeness (QED) is 0.334. The SMILES string of the molecule is C=C1C(=O)O[C@@H]2/C=C(/C)[C@@H](OC(C)=O)C[C@@H](O)/C(C)=C/[C@@H](OC(=O)/C(C)=C\C)[C@@H]12. The van der Waals surface area contributed by atoms with E-state index in [2.05, 4.69) is 6.58 Å². The van der Waals surface area contributed by atoms with Crippen molar-refractivity contribution in [2.75, 3.05) is 0 Å². The van der Waals surface area contributed by atoms with Crippen molar-refractivity contribution in [2.24, 2.45) is 5.92 Å². The van der Waals surface area contributed by atoms with Crippen LogP contribution in [0.1, 0.15) is 41.0 Å². The first-order valence-corrected chi connectivity index (χ1v) is 9.50. The molecule has 1 heterocycles. The topological polar surface area (TPSA) is 99.1 Å². The maximum atomic E-state index is 12.4. The lowest BCUT2D eigenvalue weighted by Gasteiger charge is -2.29. The van der Waals surface area contributed by atoms with Gasteiger partial charge in [0.05, 0.1) is 12.0 Å². The fourth-order valence-corrected chi connectivity index (χ4v) is 3.33. The van der Waals surface area contributed by atoms with Gasteiger partial charge in [-0.25, -0.2) is 9.59 Å². The summed E-state index contributed by atoms with van der Waals surface area (Å²) >= 11 is 0. The Bertz CT molecular complexity index is 802. The lowest BCUT2D eigenvalue weighted by atomic mass is 9.85. The number of hydrogen-bond acceptors (Lipinski definition) is 7. The van der Waals surface area contributed by atoms with Crippen LogP contribution < -0.4 is 0 Å². The van der Waals surface area contributed by atoms with Gasteiger partial charge in [0.1, 0.15) is 18.3 Å². The van der Waals surface area contributed by atoms with Gasteiger partial charge < -0.3 is 19.3 Å². The summed E-state index contributed by atoms with van der Waals surface area (Å²) in [4.78, 5) is 36.1. The number of rotatable bonds is 3. The molecule has 7 nitrogen and oxygen atoms in total. The Kier molecular flexibility index (Phi) is 7.19. The number of aliphatic hydroxyl groups excluding tert-OH is 1. The first kappa shape index (κ1) is 22.6. The number of esters is 3. The average molecular weight is 404 g/mol. The van der Waals surface area contributed by atoms with Crippen LogP contribution in [-0.4, -0.2) is 47.4 Å². The lowest BCUT2D eigenvalue weighted by Crippen LogP contribution is -2.34. The van der Waals surface area contributed by atoms with E-state index in [-0.39, 0.29) is 12.0 Å². The van der Waals surface area contributed by atoms with E-state index in [1.54, 1.807) is 45.9 Å². The molecule has 1 N–H and O–H groups in total. The van der Waals surface area contributed by atoms with Gasteiger partial charge >= 0.3 is 17.9 Å². The van der Waals surface area contributed by atoms with Crippen molar-refractivity contribution in [1.29, 1.82) is 0 Å². The number of carbonyl (C=O) groups is 3. The summed E-state index contributed by atoms with van der Waals surface area (Å²) in [7, 11) is 0. The van der Waals surface area contributed by atoms with Crippen LogP contribution in [0.5, 0.6) is 0 Å². The maximum absolute atomic E-state index is 12.4. The van der Waals surface area contributed by atoms with Crippen LogP contribution in [0.25, 0.3) is 0 Å². The molecule has 29 heavy (non-hydrogen) atoms. The minimum Gasteiger partial charge on any atom is -0.458 e. The van der Waals surface area contributed by atoms with Crippen molar-refractivity contribution in [3.63, 3.8) is 0 Å². The highest BCUT2D eigenvalue weighted by molar-refractivity contribution is 5.92. The predicted octanol–water partition coefficient (Wildman–Crippen LogP) is 2.55. The summed E-state index contributed by atoms with van der Waals surface area (Å²) in [6.07, 6.45) is 1.82. The van der Waals surface area contributed by atoms with Crippen molar-refractivity contribution in [1.82, 2.24) is 0 Å². The highest BCUT2D eigenvalue weighted by Gasteiger charge is 2.44. The highest BCUT2D eigenvalue weighted by atomic mass is 16.6. The Labute approximate surface area is 170 Å². The molecule has 0 amide bonds. The Morgan fingerprint density at radius 1 is 1.21 bits per heavy atom. The van der Waals surface area contributed by atoms with E-state index in [4.69, 9.17) is 14.2 Å². The van der Waals surface area contributed by atoms with Crippen molar-refractivity contribution in [2.45, 2.75) is 65.5 Å². The van der Waals surface area contributed by atoms with E-state index in [1.807, 2.05) is 0 Å². The van der Waals surface area contributed by atoms with Crippen LogP contribution >= 0.6 is 0 Å². The third-order valence-corrected chi connectivity index (χ3v) is 5.25. The molecule has 0 bridgehead atoms. The number of fused-ring (bicyclic) bond motifs is 1. The molecule has 158 valence electrons. The second-order valence-electron chi connectivity index (χ2n) is 7.43. The van der Waals surface area contributed by atoms with Crippen LogP contribution in [0.2, 0.25) is 0 Å². The van der Waals surface area contributed by atoms with Gasteiger partial charge in [-0.05, 0) is 51.0 Å². The summed E-state index contributed by atoms with van der Waals surface area (Å²) in [5.74, 6) is -2.25. The smallest absolute Gasteiger partial charge is 0.334 e. The third kappa shape index (κ3) is 5.23. The number of allylic oxidation sites excluding steroid dienone is 1. The summed E-state index contributed by atoms with van der Waals surface area (Å²) in [5, 5.41) is 10.6. The summed E-state index contributed by atoms with van der Waals surface area (Å²) in [6, 6.07) is 0. The van der Waals surface area contributed by atoms with Gasteiger partial charge in [-0.3, -0.25) is 4.79 Å². The van der Waals surface area contributed by atoms with Gasteiger partial charge in [-0.2, -0.15) is 0 Å². The van der Waals surface area contributed by atoms with Crippen molar-refractivity contribution < 1.29 is 33.7 Å². The minimum atomic E-state index is -0.936. The number of ether oxygens (including phenoxy) is 3. The molecule has 0 radical (unpaired) electrons. The molecule has 7 heteroatoms. The first-order valence-electron chi connectivity index (χ1n) is 9.50. The maximum Gasteiger partial charge on any atom is 0.334 e. The fraction of sp³-hybridized carbons (Fsp3) is 0.500. The Hall–Kier alpha value is -2.67. The zero-order chi connectivity index (χ0) is 21.9. The molecule has 1 aliphatic carbocycles. The number of aliphatic hydroxyl groups is 1. The molecule has 2 rings (SSSR count). The van der Waals surface area contributed by atoms with Gasteiger partial charge in [-0.1, -0.05) is 12.7 Å². The van der Waals surface area contributed by atoms with E-state index < -0.39 is 48.2 Å². The average Bonchev–Trinajstić information content (AvgIpc) is 2.92. The molecule has 1 aliphatic heterocycles. The number of hydrogen-bond donors (Lipinski definition) is 1. The van der Waals surface area contributed by atoms with Gasteiger partial charge in [0.15, 0.2) is 0 Å². The Balaban J connectivity index is 2.52. The van der Waals surface area contributed by atoms with Crippen molar-refractivity contribution in [3.8, 4) is 0 Å². The first-order chi connectivity index (χ1) is 13.5. The van der Waals surface area contributed by atoms with E-state index >= 15 is 0 Å². The zero-order valence-corrected chi connectivity index (χ0v) is 17.4. The third-order valence-electron chi connectivity index (χ3n) is 5.25. The fourth-order valence-electron chi connectivity index (χ4n) is 3.33. The molecule has 2 aliphatic rings. The van der Waals surface area contributed by atoms with Crippen LogP contribution in [0.3, 0.4) is 0 Å². The van der Waals surface area contributed by atoms with Crippen LogP contribution in [0, 0.1) is 5.92 Å². The molecule has 5 atom stereocenters. The Morgan fingerprint density at radius 3 is 2.45 bits per heavy atom. The molecular formula is C22H28O7. The van der Waals surface area contributed by atoms with E-state index in [0.717, 1.165) is 0 Å². The van der Waals surface area contributed by atoms with Crippen LogP contribution in [0.15, 0.2) is 47.1 Å². The summed E-state index contributed by atoms with van der Waals surface area (Å²) in [5.41, 5.74) is 1.75. The van der Waals surface area contributed by atoms with Crippen molar-refractivity contribution in [3.05, 3.63) is 47.1 Å². The van der Waals surface area contributed by atoms with E-state index in [9.17, 15) is 19.5 Å². The van der Waals surface area contributed by atoms with Gasteiger partial charge in [-0.15, -0.1) is 0 Å². The van der Waals surface area contributed by atoms with Gasteiger partial charge in [0, 0.05) is 24.5 Å². The molecule has 0 aromatic rings. The second-order valence-corrected chi connectivity index (χ2v) is 7.43. The van der Waals surface area contributed by atoms with Crippen LogP contribution in [-0.2, 0) is 28.6 Å². The van der Waals surface area contributed by atoms with Crippen LogP contribution in [0.4, 0.5) is 0 Å². The molecule has 0 saturated carbocycles. The monoisotopic (exact) mass is 404 g/mol. The predicted molar refractivity (Wildman–Crippen MR) is 106 cm³/mol. The highest BCUT2D eigenvalue weighted by Crippen LogP contribution is 2.36. The van der Waals surface area contributed by atoms with Gasteiger partial charge in [0.25, 0.3) is 0 Å². The van der Waals surface area contributed by atoms with Gasteiger partial charge in [0.2, 0.25) is 0 Å². The molecule has 0 aromatic heterocycles. The molecule has 1 saturated heterocycles. The molecule has 0 unspecified atom stereocenters. The van der Waals surface area contributed by atoms with E-state index in [1.165, 1.54) is 6.92 Å². The summed E-state index contributed by atoms with van der Waals surface area (Å²) in [6.45, 7) is 11.9. The number of carbonyl (C=O) groups excluding carboxylic acids is 3. The lowest BCUT2D eigenvalue weighted by molar-refractivity contribution is -0.147. The minimum absolute atomic E-state index is 0.130. The Morgan fingerprint density at radius 2 is 1.86 bits per heavy atom. The molecule has 0 spiro atoms. The molecule has 1 fully saturated rings. The molecular weight excluding hydrogens is 376 g/mol. The standard InChI is InChI=1S/C22H28O7/c1-7-11(2)21(25)28-18-8-12(3)16(24)10-17(27-15(6)23)13(4)9-19-20(18)14(5)22(26)29-19/h7-9,16-20,24H,5,10H2,1-4,6H3/b11-7-,12-8+,13-9-/t16-,17+,18-,19-,20-/m1/s1. The zero-order valence-electron chi connectivity index (χ0n) is 17.4. The molecule has 0 aromatic carbocycles.